The number of rotatable bonds is 8. The molecule has 0 saturated carbocycles. The highest BCUT2D eigenvalue weighted by Gasteiger charge is 2.19. The molecule has 0 bridgehead atoms. The van der Waals surface area contributed by atoms with E-state index in [0.717, 1.165) is 66.9 Å². The molecule has 0 atom stereocenters. The first kappa shape index (κ1) is 36.5. The average molecular weight is 805 g/mol. The van der Waals surface area contributed by atoms with Gasteiger partial charge >= 0.3 is 0 Å². The molecular weight excluding hydrogens is 765 g/mol. The molecule has 0 spiro atoms. The van der Waals surface area contributed by atoms with Crippen molar-refractivity contribution in [2.75, 3.05) is 4.90 Å². The Morgan fingerprint density at radius 2 is 0.841 bits per heavy atom. The van der Waals surface area contributed by atoms with Gasteiger partial charge in [0.15, 0.2) is 0 Å². The first-order valence-corrected chi connectivity index (χ1v) is 21.5. The minimum Gasteiger partial charge on any atom is -0.455 e. The van der Waals surface area contributed by atoms with E-state index in [1.165, 1.54) is 44.1 Å². The number of fused-ring (bicyclic) bond motifs is 6. The molecular formula is C60H40N2O. The lowest BCUT2D eigenvalue weighted by atomic mass is 9.98. The summed E-state index contributed by atoms with van der Waals surface area (Å²) in [4.78, 5) is 2.36. The summed E-state index contributed by atoms with van der Waals surface area (Å²) in [6.07, 6.45) is 0. The van der Waals surface area contributed by atoms with Crippen LogP contribution in [0.1, 0.15) is 0 Å². The van der Waals surface area contributed by atoms with Crippen molar-refractivity contribution < 1.29 is 4.42 Å². The second-order valence-electron chi connectivity index (χ2n) is 16.1. The SMILES string of the molecule is c1ccc(-c2cccc(N(c3ccc(-c4ccc5oc6c(-c7ccccc7)cccc6c5c4)cc3)c3ccc(-c4cccc5c4c4ccccc4n5-c4ccccc4)cc3)c2)cc1. The molecule has 3 nitrogen and oxygen atoms in total. The quantitative estimate of drug-likeness (QED) is 0.153. The Bertz CT molecular complexity index is 3590. The second-order valence-corrected chi connectivity index (χ2v) is 16.1. The molecule has 12 aromatic rings. The van der Waals surface area contributed by atoms with E-state index < -0.39 is 0 Å². The Kier molecular flexibility index (Phi) is 8.83. The molecule has 2 aromatic heterocycles. The summed E-state index contributed by atoms with van der Waals surface area (Å²) in [5.41, 5.74) is 17.9. The first-order chi connectivity index (χ1) is 31.2. The van der Waals surface area contributed by atoms with Crippen LogP contribution in [0.2, 0.25) is 0 Å². The van der Waals surface area contributed by atoms with Crippen LogP contribution in [0, 0.1) is 0 Å². The van der Waals surface area contributed by atoms with Gasteiger partial charge in [-0.15, -0.1) is 0 Å². The zero-order chi connectivity index (χ0) is 41.7. The number of aromatic nitrogens is 1. The highest BCUT2D eigenvalue weighted by molar-refractivity contribution is 6.16. The lowest BCUT2D eigenvalue weighted by Gasteiger charge is -2.26. The maximum atomic E-state index is 6.51. The molecule has 3 heteroatoms. The van der Waals surface area contributed by atoms with Gasteiger partial charge in [-0.25, -0.2) is 0 Å². The Labute approximate surface area is 366 Å². The summed E-state index contributed by atoms with van der Waals surface area (Å²) in [7, 11) is 0. The minimum absolute atomic E-state index is 0.889. The van der Waals surface area contributed by atoms with Crippen LogP contribution in [0.3, 0.4) is 0 Å². The van der Waals surface area contributed by atoms with Gasteiger partial charge in [0.05, 0.1) is 11.0 Å². The first-order valence-electron chi connectivity index (χ1n) is 21.5. The number of hydrogen-bond donors (Lipinski definition) is 0. The van der Waals surface area contributed by atoms with E-state index in [2.05, 4.69) is 246 Å². The highest BCUT2D eigenvalue weighted by atomic mass is 16.3. The van der Waals surface area contributed by atoms with Crippen molar-refractivity contribution >= 4 is 60.8 Å². The van der Waals surface area contributed by atoms with Crippen molar-refractivity contribution in [1.29, 1.82) is 0 Å². The standard InChI is InChI=1S/C60H40N2O/c1-4-15-41(16-5-1)45-19-12-22-50(39-45)61(48-34-29-42(30-35-48)46-33-38-58-55(40-46)53-26-13-25-52(60(53)63-58)43-17-6-2-7-18-43)49-36-31-44(32-37-49)51-24-14-28-57-59(51)54-23-10-11-27-56(54)62(57)47-20-8-3-9-21-47/h1-40H. The van der Waals surface area contributed by atoms with Gasteiger partial charge in [-0.1, -0.05) is 170 Å². The number of anilines is 3. The zero-order valence-corrected chi connectivity index (χ0v) is 34.4. The predicted molar refractivity (Wildman–Crippen MR) is 264 cm³/mol. The number of furan rings is 1. The van der Waals surface area contributed by atoms with Gasteiger partial charge < -0.3 is 13.9 Å². The molecule has 0 amide bonds. The molecule has 0 aliphatic rings. The summed E-state index contributed by atoms with van der Waals surface area (Å²) >= 11 is 0. The van der Waals surface area contributed by atoms with Gasteiger partial charge in [0.25, 0.3) is 0 Å². The summed E-state index contributed by atoms with van der Waals surface area (Å²) in [5.74, 6) is 0. The number of hydrogen-bond acceptors (Lipinski definition) is 2. The highest BCUT2D eigenvalue weighted by Crippen LogP contribution is 2.43. The minimum atomic E-state index is 0.889. The van der Waals surface area contributed by atoms with Crippen LogP contribution in [0.25, 0.3) is 93.9 Å². The average Bonchev–Trinajstić information content (AvgIpc) is 3.91. The van der Waals surface area contributed by atoms with Gasteiger partial charge in [0, 0.05) is 49.9 Å². The van der Waals surface area contributed by atoms with Crippen molar-refractivity contribution in [2.45, 2.75) is 0 Å². The predicted octanol–water partition coefficient (Wildman–Crippen LogP) is 16.8. The van der Waals surface area contributed by atoms with Crippen LogP contribution < -0.4 is 4.90 Å². The molecule has 63 heavy (non-hydrogen) atoms. The zero-order valence-electron chi connectivity index (χ0n) is 34.4. The van der Waals surface area contributed by atoms with E-state index in [0.29, 0.717) is 0 Å². The van der Waals surface area contributed by atoms with Crippen molar-refractivity contribution in [2.24, 2.45) is 0 Å². The Balaban J connectivity index is 0.944. The van der Waals surface area contributed by atoms with Gasteiger partial charge in [0.2, 0.25) is 0 Å². The van der Waals surface area contributed by atoms with Gasteiger partial charge in [-0.3, -0.25) is 0 Å². The van der Waals surface area contributed by atoms with Crippen LogP contribution in [-0.4, -0.2) is 4.57 Å². The second kappa shape index (κ2) is 15.3. The van der Waals surface area contributed by atoms with Crippen molar-refractivity contribution in [1.82, 2.24) is 4.57 Å². The van der Waals surface area contributed by atoms with E-state index in [1.807, 2.05) is 6.07 Å². The van der Waals surface area contributed by atoms with Gasteiger partial charge in [-0.05, 0) is 112 Å². The maximum absolute atomic E-state index is 6.51. The third-order valence-electron chi connectivity index (χ3n) is 12.4. The summed E-state index contributed by atoms with van der Waals surface area (Å²) in [5, 5.41) is 4.73. The molecule has 0 saturated heterocycles. The van der Waals surface area contributed by atoms with Gasteiger partial charge in [-0.2, -0.15) is 0 Å². The molecule has 296 valence electrons. The lowest BCUT2D eigenvalue weighted by molar-refractivity contribution is 0.670. The maximum Gasteiger partial charge on any atom is 0.143 e. The summed E-state index contributed by atoms with van der Waals surface area (Å²) in [6, 6.07) is 87.0. The molecule has 12 rings (SSSR count). The molecule has 0 aliphatic heterocycles. The largest absolute Gasteiger partial charge is 0.455 e. The third kappa shape index (κ3) is 6.38. The molecule has 0 radical (unpaired) electrons. The van der Waals surface area contributed by atoms with E-state index >= 15 is 0 Å². The molecule has 0 N–H and O–H groups in total. The monoisotopic (exact) mass is 804 g/mol. The smallest absolute Gasteiger partial charge is 0.143 e. The van der Waals surface area contributed by atoms with Crippen molar-refractivity contribution in [3.63, 3.8) is 0 Å². The summed E-state index contributed by atoms with van der Waals surface area (Å²) < 4.78 is 8.89. The van der Waals surface area contributed by atoms with Crippen LogP contribution in [-0.2, 0) is 0 Å². The van der Waals surface area contributed by atoms with Crippen LogP contribution >= 0.6 is 0 Å². The normalized spacial score (nSPS) is 11.5. The number of benzene rings is 10. The van der Waals surface area contributed by atoms with E-state index in [9.17, 15) is 0 Å². The van der Waals surface area contributed by atoms with Crippen LogP contribution in [0.15, 0.2) is 247 Å². The molecule has 2 heterocycles. The van der Waals surface area contributed by atoms with Crippen LogP contribution in [0.4, 0.5) is 17.1 Å². The van der Waals surface area contributed by atoms with Crippen molar-refractivity contribution in [3.8, 4) is 50.2 Å². The molecule has 0 fully saturated rings. The Morgan fingerprint density at radius 3 is 1.60 bits per heavy atom. The van der Waals surface area contributed by atoms with Gasteiger partial charge in [0.1, 0.15) is 11.2 Å². The number of para-hydroxylation sites is 3. The fourth-order valence-electron chi connectivity index (χ4n) is 9.43. The third-order valence-corrected chi connectivity index (χ3v) is 12.4. The molecule has 10 aromatic carbocycles. The fraction of sp³-hybridized carbons (Fsp3) is 0. The van der Waals surface area contributed by atoms with E-state index in [-0.39, 0.29) is 0 Å². The van der Waals surface area contributed by atoms with E-state index in [4.69, 9.17) is 4.42 Å². The number of nitrogens with zero attached hydrogens (tertiary/aromatic N) is 2. The fourth-order valence-corrected chi connectivity index (χ4v) is 9.43. The topological polar surface area (TPSA) is 21.3 Å². The molecule has 0 unspecified atom stereocenters. The molecule has 0 aliphatic carbocycles. The van der Waals surface area contributed by atoms with Crippen molar-refractivity contribution in [3.05, 3.63) is 243 Å². The van der Waals surface area contributed by atoms with E-state index in [1.54, 1.807) is 0 Å². The lowest BCUT2D eigenvalue weighted by Crippen LogP contribution is -2.10. The van der Waals surface area contributed by atoms with Crippen LogP contribution in [0.5, 0.6) is 0 Å². The summed E-state index contributed by atoms with van der Waals surface area (Å²) in [6.45, 7) is 0. The Morgan fingerprint density at radius 1 is 0.317 bits per heavy atom. The Hall–Kier alpha value is -8.40.